The number of ether oxygens (including phenoxy) is 1. The first-order valence-corrected chi connectivity index (χ1v) is 11.6. The first-order chi connectivity index (χ1) is 14.8. The molecule has 7 heteroatoms. The SMILES string of the molecule is CC(C)Oc1ccc(C(=O)Nc2ccc(S(=O)(=O)N3CCc4ccccc43)cc2)cc1. The molecule has 4 rings (SSSR count). The van der Waals surface area contributed by atoms with Crippen LogP contribution >= 0.6 is 0 Å². The molecule has 0 aliphatic carbocycles. The number of anilines is 2. The van der Waals surface area contributed by atoms with Crippen molar-refractivity contribution in [3.05, 3.63) is 83.9 Å². The number of nitrogens with zero attached hydrogens (tertiary/aromatic N) is 1. The minimum atomic E-state index is -3.66. The summed E-state index contributed by atoms with van der Waals surface area (Å²) in [5.74, 6) is 0.421. The number of nitrogens with one attached hydrogen (secondary N) is 1. The predicted octanol–water partition coefficient (Wildman–Crippen LogP) is 4.48. The molecule has 0 spiro atoms. The van der Waals surface area contributed by atoms with Crippen molar-refractivity contribution in [3.8, 4) is 5.75 Å². The summed E-state index contributed by atoms with van der Waals surface area (Å²) in [6, 6.07) is 20.6. The average Bonchev–Trinajstić information content (AvgIpc) is 3.19. The third kappa shape index (κ3) is 4.41. The Morgan fingerprint density at radius 1 is 0.968 bits per heavy atom. The molecule has 0 atom stereocenters. The zero-order valence-corrected chi connectivity index (χ0v) is 18.2. The molecular formula is C24H24N2O4S. The standard InChI is InChI=1S/C24H24N2O4S/c1-17(2)30-21-11-7-19(8-12-21)24(27)25-20-9-13-22(14-10-20)31(28,29)26-16-15-18-5-3-4-6-23(18)26/h3-14,17H,15-16H2,1-2H3,(H,25,27). The second-order valence-electron chi connectivity index (χ2n) is 7.63. The van der Waals surface area contributed by atoms with Crippen LogP contribution in [0.4, 0.5) is 11.4 Å². The van der Waals surface area contributed by atoms with E-state index < -0.39 is 10.0 Å². The second-order valence-corrected chi connectivity index (χ2v) is 9.49. The van der Waals surface area contributed by atoms with Gasteiger partial charge in [-0.15, -0.1) is 0 Å². The van der Waals surface area contributed by atoms with Gasteiger partial charge < -0.3 is 10.1 Å². The number of rotatable bonds is 6. The van der Waals surface area contributed by atoms with Gasteiger partial charge in [0, 0.05) is 17.8 Å². The van der Waals surface area contributed by atoms with E-state index in [2.05, 4.69) is 5.32 Å². The summed E-state index contributed by atoms with van der Waals surface area (Å²) in [7, 11) is -3.66. The number of hydrogen-bond donors (Lipinski definition) is 1. The van der Waals surface area contributed by atoms with Crippen molar-refractivity contribution in [2.24, 2.45) is 0 Å². The summed E-state index contributed by atoms with van der Waals surface area (Å²) in [5.41, 5.74) is 2.76. The van der Waals surface area contributed by atoms with Crippen LogP contribution in [0.2, 0.25) is 0 Å². The van der Waals surface area contributed by atoms with Crippen LogP contribution in [0.1, 0.15) is 29.8 Å². The number of fused-ring (bicyclic) bond motifs is 1. The van der Waals surface area contributed by atoms with Gasteiger partial charge in [-0.1, -0.05) is 18.2 Å². The van der Waals surface area contributed by atoms with Gasteiger partial charge in [0.15, 0.2) is 0 Å². The number of sulfonamides is 1. The fourth-order valence-corrected chi connectivity index (χ4v) is 5.06. The van der Waals surface area contributed by atoms with Crippen LogP contribution in [0.3, 0.4) is 0 Å². The summed E-state index contributed by atoms with van der Waals surface area (Å²) < 4.78 is 33.2. The van der Waals surface area contributed by atoms with Crippen molar-refractivity contribution in [3.63, 3.8) is 0 Å². The number of carbonyl (C=O) groups is 1. The Morgan fingerprint density at radius 3 is 2.32 bits per heavy atom. The maximum absolute atomic E-state index is 13.1. The van der Waals surface area contributed by atoms with Crippen LogP contribution in [0.25, 0.3) is 0 Å². The van der Waals surface area contributed by atoms with E-state index in [-0.39, 0.29) is 16.9 Å². The molecule has 1 aliphatic rings. The van der Waals surface area contributed by atoms with Gasteiger partial charge in [-0.2, -0.15) is 0 Å². The lowest BCUT2D eigenvalue weighted by atomic mass is 10.2. The van der Waals surface area contributed by atoms with Gasteiger partial charge in [0.05, 0.1) is 16.7 Å². The highest BCUT2D eigenvalue weighted by molar-refractivity contribution is 7.92. The number of hydrogen-bond acceptors (Lipinski definition) is 4. The van der Waals surface area contributed by atoms with Crippen molar-refractivity contribution in [1.29, 1.82) is 0 Å². The monoisotopic (exact) mass is 436 g/mol. The average molecular weight is 437 g/mol. The molecule has 31 heavy (non-hydrogen) atoms. The Morgan fingerprint density at radius 2 is 1.65 bits per heavy atom. The molecule has 0 fully saturated rings. The molecule has 3 aromatic rings. The fraction of sp³-hybridized carbons (Fsp3) is 0.208. The minimum Gasteiger partial charge on any atom is -0.491 e. The molecule has 160 valence electrons. The van der Waals surface area contributed by atoms with E-state index in [1.165, 1.54) is 16.4 Å². The molecular weight excluding hydrogens is 412 g/mol. The van der Waals surface area contributed by atoms with Gasteiger partial charge in [0.25, 0.3) is 15.9 Å². The highest BCUT2D eigenvalue weighted by atomic mass is 32.2. The van der Waals surface area contributed by atoms with Gasteiger partial charge in [-0.3, -0.25) is 9.10 Å². The molecule has 6 nitrogen and oxygen atoms in total. The first kappa shape index (κ1) is 20.9. The van der Waals surface area contributed by atoms with Crippen LogP contribution < -0.4 is 14.4 Å². The summed E-state index contributed by atoms with van der Waals surface area (Å²) in [6.07, 6.45) is 0.758. The topological polar surface area (TPSA) is 75.7 Å². The quantitative estimate of drug-likeness (QED) is 0.618. The Bertz CT molecular complexity index is 1190. The molecule has 0 unspecified atom stereocenters. The van der Waals surface area contributed by atoms with Crippen molar-refractivity contribution < 1.29 is 17.9 Å². The van der Waals surface area contributed by atoms with Gasteiger partial charge in [-0.25, -0.2) is 8.42 Å². The smallest absolute Gasteiger partial charge is 0.264 e. The van der Waals surface area contributed by atoms with Crippen LogP contribution in [0.15, 0.2) is 77.7 Å². The maximum Gasteiger partial charge on any atom is 0.264 e. The van der Waals surface area contributed by atoms with Gasteiger partial charge in [0.2, 0.25) is 0 Å². The Balaban J connectivity index is 1.46. The van der Waals surface area contributed by atoms with Gasteiger partial charge in [0.1, 0.15) is 5.75 Å². The number of benzene rings is 3. The van der Waals surface area contributed by atoms with E-state index in [9.17, 15) is 13.2 Å². The Hall–Kier alpha value is -3.32. The van der Waals surface area contributed by atoms with Crippen LogP contribution in [-0.4, -0.2) is 27.0 Å². The summed E-state index contributed by atoms with van der Waals surface area (Å²) >= 11 is 0. The molecule has 0 aromatic heterocycles. The van der Waals surface area contributed by atoms with E-state index in [0.717, 1.165) is 11.3 Å². The summed E-state index contributed by atoms with van der Waals surface area (Å²) in [5, 5.41) is 2.79. The third-order valence-electron chi connectivity index (χ3n) is 5.03. The molecule has 0 radical (unpaired) electrons. The summed E-state index contributed by atoms with van der Waals surface area (Å²) in [6.45, 7) is 4.30. The first-order valence-electron chi connectivity index (χ1n) is 10.1. The van der Waals surface area contributed by atoms with Crippen molar-refractivity contribution >= 4 is 27.3 Å². The molecule has 1 amide bonds. The largest absolute Gasteiger partial charge is 0.491 e. The Kier molecular flexibility index (Phi) is 5.69. The van der Waals surface area contributed by atoms with E-state index in [4.69, 9.17) is 4.74 Å². The molecule has 1 aliphatic heterocycles. The molecule has 1 N–H and O–H groups in total. The lowest BCUT2D eigenvalue weighted by molar-refractivity contribution is 0.102. The zero-order valence-electron chi connectivity index (χ0n) is 17.4. The van der Waals surface area contributed by atoms with E-state index in [1.807, 2.05) is 38.1 Å². The minimum absolute atomic E-state index is 0.0588. The molecule has 0 saturated heterocycles. The maximum atomic E-state index is 13.1. The third-order valence-corrected chi connectivity index (χ3v) is 6.86. The van der Waals surface area contributed by atoms with Crippen molar-refractivity contribution in [2.75, 3.05) is 16.2 Å². The van der Waals surface area contributed by atoms with E-state index in [0.29, 0.717) is 30.0 Å². The van der Waals surface area contributed by atoms with Crippen LogP contribution in [0, 0.1) is 0 Å². The fourth-order valence-electron chi connectivity index (χ4n) is 3.56. The highest BCUT2D eigenvalue weighted by Gasteiger charge is 2.30. The van der Waals surface area contributed by atoms with Gasteiger partial charge in [-0.05, 0) is 80.4 Å². The lowest BCUT2D eigenvalue weighted by Crippen LogP contribution is -2.29. The van der Waals surface area contributed by atoms with Gasteiger partial charge >= 0.3 is 0 Å². The van der Waals surface area contributed by atoms with Crippen molar-refractivity contribution in [1.82, 2.24) is 0 Å². The van der Waals surface area contributed by atoms with Crippen LogP contribution in [0.5, 0.6) is 5.75 Å². The Labute approximate surface area is 182 Å². The number of carbonyl (C=O) groups excluding carboxylic acids is 1. The number of para-hydroxylation sites is 1. The van der Waals surface area contributed by atoms with E-state index in [1.54, 1.807) is 36.4 Å². The molecule has 0 saturated carbocycles. The predicted molar refractivity (Wildman–Crippen MR) is 121 cm³/mol. The summed E-state index contributed by atoms with van der Waals surface area (Å²) in [4.78, 5) is 12.7. The molecule has 0 bridgehead atoms. The normalized spacial score (nSPS) is 13.2. The van der Waals surface area contributed by atoms with E-state index >= 15 is 0 Å². The number of amides is 1. The molecule has 3 aromatic carbocycles. The van der Waals surface area contributed by atoms with Crippen LogP contribution in [-0.2, 0) is 16.4 Å². The lowest BCUT2D eigenvalue weighted by Gasteiger charge is -2.19. The highest BCUT2D eigenvalue weighted by Crippen LogP contribution is 2.32. The second kappa shape index (κ2) is 8.43. The molecule has 1 heterocycles. The zero-order chi connectivity index (χ0) is 22.0. The van der Waals surface area contributed by atoms with Crippen molar-refractivity contribution in [2.45, 2.75) is 31.3 Å².